The number of epoxide rings is 1. The first-order valence-corrected chi connectivity index (χ1v) is 5.03. The van der Waals surface area contributed by atoms with E-state index in [1.165, 1.54) is 0 Å². The Kier molecular flexibility index (Phi) is 2.01. The highest BCUT2D eigenvalue weighted by Crippen LogP contribution is 2.50. The quantitative estimate of drug-likeness (QED) is 0.732. The summed E-state index contributed by atoms with van der Waals surface area (Å²) in [6, 6.07) is 9.47. The molecule has 3 rings (SSSR count). The van der Waals surface area contributed by atoms with Gasteiger partial charge in [-0.2, -0.15) is 0 Å². The van der Waals surface area contributed by atoms with Crippen LogP contribution in [0.15, 0.2) is 41.1 Å². The molecule has 2 unspecified atom stereocenters. The van der Waals surface area contributed by atoms with Crippen molar-refractivity contribution in [3.05, 3.63) is 52.9 Å². The molecular formula is C11H8ClNO2. The summed E-state index contributed by atoms with van der Waals surface area (Å²) in [5.41, 5.74) is 1.96. The molecule has 1 saturated heterocycles. The topological polar surface area (TPSA) is 38.6 Å². The van der Waals surface area contributed by atoms with E-state index < -0.39 is 0 Å². The van der Waals surface area contributed by atoms with E-state index in [0.29, 0.717) is 0 Å². The molecule has 0 bridgehead atoms. The highest BCUT2D eigenvalue weighted by Gasteiger charge is 2.43. The van der Waals surface area contributed by atoms with Crippen LogP contribution in [-0.2, 0) is 4.74 Å². The summed E-state index contributed by atoms with van der Waals surface area (Å²) in [5, 5.41) is 4.58. The molecule has 1 aliphatic rings. The first-order chi connectivity index (χ1) is 7.34. The summed E-state index contributed by atoms with van der Waals surface area (Å²) < 4.78 is 10.3. The molecular weight excluding hydrogens is 214 g/mol. The molecule has 1 aliphatic heterocycles. The van der Waals surface area contributed by atoms with E-state index in [4.69, 9.17) is 20.9 Å². The zero-order valence-electron chi connectivity index (χ0n) is 7.76. The zero-order chi connectivity index (χ0) is 10.3. The Morgan fingerprint density at radius 1 is 1.07 bits per heavy atom. The second kappa shape index (κ2) is 3.36. The Hall–Kier alpha value is -1.32. The predicted molar refractivity (Wildman–Crippen MR) is 54.5 cm³/mol. The Morgan fingerprint density at radius 3 is 2.53 bits per heavy atom. The van der Waals surface area contributed by atoms with Gasteiger partial charge in [-0.3, -0.25) is 0 Å². The van der Waals surface area contributed by atoms with E-state index in [9.17, 15) is 0 Å². The van der Waals surface area contributed by atoms with E-state index in [-0.39, 0.29) is 12.2 Å². The third kappa shape index (κ3) is 1.64. The van der Waals surface area contributed by atoms with Crippen LogP contribution >= 0.6 is 11.6 Å². The van der Waals surface area contributed by atoms with Gasteiger partial charge in [0.2, 0.25) is 0 Å². The van der Waals surface area contributed by atoms with Gasteiger partial charge in [-0.1, -0.05) is 28.9 Å². The minimum Gasteiger partial charge on any atom is -0.364 e. The molecule has 0 aliphatic carbocycles. The lowest BCUT2D eigenvalue weighted by atomic mass is 10.1. The minimum absolute atomic E-state index is 0.0323. The molecule has 2 heterocycles. The molecule has 1 aromatic carbocycles. The number of hydrogen-bond donors (Lipinski definition) is 0. The molecule has 3 nitrogen and oxygen atoms in total. The van der Waals surface area contributed by atoms with Crippen LogP contribution in [0.4, 0.5) is 0 Å². The molecule has 76 valence electrons. The van der Waals surface area contributed by atoms with Crippen LogP contribution in [0.25, 0.3) is 0 Å². The highest BCUT2D eigenvalue weighted by atomic mass is 35.5. The fourth-order valence-electron chi connectivity index (χ4n) is 1.61. The third-order valence-electron chi connectivity index (χ3n) is 2.44. The van der Waals surface area contributed by atoms with Crippen LogP contribution < -0.4 is 0 Å². The summed E-state index contributed by atoms with van der Waals surface area (Å²) >= 11 is 5.80. The number of benzene rings is 1. The summed E-state index contributed by atoms with van der Waals surface area (Å²) in [6.45, 7) is 0. The van der Waals surface area contributed by atoms with Crippen LogP contribution in [0.2, 0.25) is 5.02 Å². The normalized spacial score (nSPS) is 24.1. The third-order valence-corrected chi connectivity index (χ3v) is 2.69. The van der Waals surface area contributed by atoms with E-state index in [1.807, 2.05) is 30.3 Å². The molecule has 4 heteroatoms. The first-order valence-electron chi connectivity index (χ1n) is 4.66. The van der Waals surface area contributed by atoms with Crippen molar-refractivity contribution in [1.82, 2.24) is 5.16 Å². The fraction of sp³-hybridized carbons (Fsp3) is 0.182. The molecule has 1 aromatic heterocycles. The van der Waals surface area contributed by atoms with Gasteiger partial charge in [0.05, 0.1) is 0 Å². The van der Waals surface area contributed by atoms with Crippen molar-refractivity contribution in [2.75, 3.05) is 0 Å². The number of halogens is 1. The molecule has 0 saturated carbocycles. The van der Waals surface area contributed by atoms with Crippen LogP contribution in [0, 0.1) is 0 Å². The van der Waals surface area contributed by atoms with Crippen molar-refractivity contribution < 1.29 is 9.26 Å². The SMILES string of the molecule is Clc1ccc(C2OC2c2ccon2)cc1. The van der Waals surface area contributed by atoms with Gasteiger partial charge in [0, 0.05) is 11.1 Å². The summed E-state index contributed by atoms with van der Waals surface area (Å²) in [4.78, 5) is 0. The fourth-order valence-corrected chi connectivity index (χ4v) is 1.74. The lowest BCUT2D eigenvalue weighted by Crippen LogP contribution is -1.83. The van der Waals surface area contributed by atoms with Gasteiger partial charge in [-0.25, -0.2) is 0 Å². The molecule has 1 fully saturated rings. The van der Waals surface area contributed by atoms with Crippen LogP contribution in [0.5, 0.6) is 0 Å². The largest absolute Gasteiger partial charge is 0.364 e. The number of rotatable bonds is 2. The van der Waals surface area contributed by atoms with Crippen LogP contribution in [0.3, 0.4) is 0 Å². The number of aromatic nitrogens is 1. The van der Waals surface area contributed by atoms with E-state index in [2.05, 4.69) is 5.16 Å². The van der Waals surface area contributed by atoms with Crippen molar-refractivity contribution in [1.29, 1.82) is 0 Å². The average molecular weight is 222 g/mol. The number of nitrogens with zero attached hydrogens (tertiary/aromatic N) is 1. The highest BCUT2D eigenvalue weighted by molar-refractivity contribution is 6.30. The predicted octanol–water partition coefficient (Wildman–Crippen LogP) is 3.14. The van der Waals surface area contributed by atoms with Gasteiger partial charge in [-0.15, -0.1) is 0 Å². The second-order valence-corrected chi connectivity index (χ2v) is 3.89. The van der Waals surface area contributed by atoms with Gasteiger partial charge in [0.25, 0.3) is 0 Å². The molecule has 0 N–H and O–H groups in total. The molecule has 0 spiro atoms. The molecule has 2 atom stereocenters. The average Bonchev–Trinajstić information content (AvgIpc) is 2.87. The van der Waals surface area contributed by atoms with Crippen LogP contribution in [-0.4, -0.2) is 5.16 Å². The van der Waals surface area contributed by atoms with Gasteiger partial charge >= 0.3 is 0 Å². The summed E-state index contributed by atoms with van der Waals surface area (Å²) in [6.07, 6.45) is 1.67. The van der Waals surface area contributed by atoms with E-state index in [0.717, 1.165) is 16.3 Å². The van der Waals surface area contributed by atoms with Crippen molar-refractivity contribution in [3.8, 4) is 0 Å². The van der Waals surface area contributed by atoms with Crippen molar-refractivity contribution in [2.24, 2.45) is 0 Å². The maximum absolute atomic E-state index is 5.80. The van der Waals surface area contributed by atoms with Gasteiger partial charge in [-0.05, 0) is 17.7 Å². The van der Waals surface area contributed by atoms with Gasteiger partial charge < -0.3 is 9.26 Å². The molecule has 15 heavy (non-hydrogen) atoms. The van der Waals surface area contributed by atoms with Gasteiger partial charge in [0.15, 0.2) is 0 Å². The lowest BCUT2D eigenvalue weighted by Gasteiger charge is -1.94. The maximum atomic E-state index is 5.80. The second-order valence-electron chi connectivity index (χ2n) is 3.45. The Morgan fingerprint density at radius 2 is 1.87 bits per heavy atom. The molecule has 0 radical (unpaired) electrons. The Labute approximate surface area is 91.6 Å². The zero-order valence-corrected chi connectivity index (χ0v) is 8.52. The van der Waals surface area contributed by atoms with E-state index in [1.54, 1.807) is 6.26 Å². The minimum atomic E-state index is 0.0323. The van der Waals surface area contributed by atoms with Crippen molar-refractivity contribution in [2.45, 2.75) is 12.2 Å². The van der Waals surface area contributed by atoms with Crippen molar-refractivity contribution >= 4 is 11.6 Å². The first kappa shape index (κ1) is 8.95. The smallest absolute Gasteiger partial charge is 0.134 e. The number of hydrogen-bond acceptors (Lipinski definition) is 3. The van der Waals surface area contributed by atoms with Crippen LogP contribution in [0.1, 0.15) is 23.5 Å². The molecule has 2 aromatic rings. The summed E-state index contributed by atoms with van der Waals surface area (Å²) in [5.74, 6) is 0. The van der Waals surface area contributed by atoms with E-state index >= 15 is 0 Å². The lowest BCUT2D eigenvalue weighted by molar-refractivity contribution is 0.358. The standard InChI is InChI=1S/C11H8ClNO2/c12-8-3-1-7(2-4-8)10-11(15-10)9-5-6-14-13-9/h1-6,10-11H. The monoisotopic (exact) mass is 221 g/mol. The van der Waals surface area contributed by atoms with Crippen molar-refractivity contribution in [3.63, 3.8) is 0 Å². The molecule has 0 amide bonds. The number of ether oxygens (including phenoxy) is 1. The Balaban J connectivity index is 1.79. The summed E-state index contributed by atoms with van der Waals surface area (Å²) in [7, 11) is 0. The Bertz CT molecular complexity index is 452. The van der Waals surface area contributed by atoms with Gasteiger partial charge in [0.1, 0.15) is 24.2 Å². The maximum Gasteiger partial charge on any atom is 0.134 e.